The Kier molecular flexibility index (Phi) is 8.98. The van der Waals surface area contributed by atoms with Crippen molar-refractivity contribution in [1.29, 1.82) is 0 Å². The van der Waals surface area contributed by atoms with Gasteiger partial charge in [0.1, 0.15) is 17.3 Å². The summed E-state index contributed by atoms with van der Waals surface area (Å²) in [4.78, 5) is 16.0. The molecule has 192 valence electrons. The van der Waals surface area contributed by atoms with Crippen LogP contribution in [-0.2, 0) is 11.3 Å². The van der Waals surface area contributed by atoms with E-state index in [1.807, 2.05) is 42.5 Å². The van der Waals surface area contributed by atoms with Gasteiger partial charge in [-0.25, -0.2) is 4.98 Å². The molecule has 0 spiro atoms. The Morgan fingerprint density at radius 2 is 1.30 bits per heavy atom. The molecule has 0 aliphatic rings. The summed E-state index contributed by atoms with van der Waals surface area (Å²) in [6.45, 7) is 0.813. The van der Waals surface area contributed by atoms with E-state index >= 15 is 0 Å². The van der Waals surface area contributed by atoms with E-state index in [0.717, 1.165) is 84.1 Å². The average Bonchev–Trinajstić information content (AvgIpc) is 3.32. The molecule has 0 radical (unpaired) electrons. The third kappa shape index (κ3) is 6.58. The summed E-state index contributed by atoms with van der Waals surface area (Å²) in [6, 6.07) is 26.4. The van der Waals surface area contributed by atoms with E-state index in [0.29, 0.717) is 0 Å². The number of carboxylic acid groups (broad SMARTS) is 1. The lowest BCUT2D eigenvalue weighted by atomic mass is 10.0. The van der Waals surface area contributed by atoms with Gasteiger partial charge in [-0.1, -0.05) is 49.6 Å². The molecule has 0 aliphatic carbocycles. The Hall–Kier alpha value is -4.06. The van der Waals surface area contributed by atoms with Gasteiger partial charge in [-0.15, -0.1) is 0 Å². The van der Waals surface area contributed by atoms with Crippen LogP contribution in [0.15, 0.2) is 78.9 Å². The average molecular weight is 499 g/mol. The molecule has 0 fully saturated rings. The minimum Gasteiger partial charge on any atom is -0.497 e. The minimum absolute atomic E-state index is 0.243. The zero-order chi connectivity index (χ0) is 26.0. The molecule has 0 saturated heterocycles. The number of imidazole rings is 1. The lowest BCUT2D eigenvalue weighted by Crippen LogP contribution is -2.04. The number of rotatable bonds is 13. The summed E-state index contributed by atoms with van der Waals surface area (Å²) in [6.07, 6.45) is 4.94. The van der Waals surface area contributed by atoms with Crippen molar-refractivity contribution < 1.29 is 19.4 Å². The maximum Gasteiger partial charge on any atom is 0.303 e. The van der Waals surface area contributed by atoms with Gasteiger partial charge in [0, 0.05) is 29.7 Å². The number of benzene rings is 3. The molecule has 0 saturated carbocycles. The van der Waals surface area contributed by atoms with Gasteiger partial charge in [0.15, 0.2) is 0 Å². The predicted octanol–water partition coefficient (Wildman–Crippen LogP) is 7.33. The van der Waals surface area contributed by atoms with Crippen molar-refractivity contribution in [2.75, 3.05) is 14.2 Å². The molecular formula is C31H34N2O4. The molecule has 1 N–H and O–H groups in total. The van der Waals surface area contributed by atoms with Crippen molar-refractivity contribution in [3.05, 3.63) is 78.9 Å². The first-order chi connectivity index (χ1) is 18.1. The Morgan fingerprint density at radius 1 is 0.730 bits per heavy atom. The number of carboxylic acids is 1. The molecular weight excluding hydrogens is 464 g/mol. The predicted molar refractivity (Wildman–Crippen MR) is 147 cm³/mol. The molecule has 1 heterocycles. The highest BCUT2D eigenvalue weighted by atomic mass is 16.5. The normalized spacial score (nSPS) is 10.9. The van der Waals surface area contributed by atoms with E-state index in [9.17, 15) is 4.79 Å². The topological polar surface area (TPSA) is 73.6 Å². The Balaban J connectivity index is 1.73. The monoisotopic (exact) mass is 498 g/mol. The van der Waals surface area contributed by atoms with Gasteiger partial charge in [0.25, 0.3) is 0 Å². The van der Waals surface area contributed by atoms with Gasteiger partial charge in [-0.05, 0) is 61.4 Å². The summed E-state index contributed by atoms with van der Waals surface area (Å²) < 4.78 is 13.1. The van der Waals surface area contributed by atoms with Gasteiger partial charge in [0.2, 0.25) is 0 Å². The number of hydrogen-bond acceptors (Lipinski definition) is 4. The van der Waals surface area contributed by atoms with E-state index in [-0.39, 0.29) is 6.42 Å². The van der Waals surface area contributed by atoms with Crippen LogP contribution >= 0.6 is 0 Å². The number of methoxy groups -OCH3 is 2. The molecule has 0 aliphatic heterocycles. The maximum atomic E-state index is 10.8. The first-order valence-electron chi connectivity index (χ1n) is 12.8. The first-order valence-corrected chi connectivity index (χ1v) is 12.8. The van der Waals surface area contributed by atoms with Crippen LogP contribution in [-0.4, -0.2) is 34.8 Å². The summed E-state index contributed by atoms with van der Waals surface area (Å²) >= 11 is 0. The van der Waals surface area contributed by atoms with Gasteiger partial charge in [-0.3, -0.25) is 4.79 Å². The molecule has 4 rings (SSSR count). The fourth-order valence-electron chi connectivity index (χ4n) is 4.55. The molecule has 0 atom stereocenters. The van der Waals surface area contributed by atoms with E-state index in [1.54, 1.807) is 14.2 Å². The zero-order valence-corrected chi connectivity index (χ0v) is 21.5. The third-order valence-electron chi connectivity index (χ3n) is 6.50. The molecule has 6 nitrogen and oxygen atoms in total. The van der Waals surface area contributed by atoms with Crippen molar-refractivity contribution in [3.63, 3.8) is 0 Å². The second-order valence-corrected chi connectivity index (χ2v) is 9.02. The SMILES string of the molecule is COc1ccc(-c2nc(-c3ccccc3)n(CCCCCCCC(=O)O)c2-c2ccc(OC)cc2)cc1. The number of aromatic nitrogens is 2. The molecule has 1 aromatic heterocycles. The van der Waals surface area contributed by atoms with Crippen LogP contribution in [0.2, 0.25) is 0 Å². The number of carbonyl (C=O) groups is 1. The van der Waals surface area contributed by atoms with E-state index in [2.05, 4.69) is 41.0 Å². The zero-order valence-electron chi connectivity index (χ0n) is 21.5. The number of aliphatic carboxylic acids is 1. The van der Waals surface area contributed by atoms with Crippen molar-refractivity contribution in [1.82, 2.24) is 9.55 Å². The molecule has 3 aromatic carbocycles. The summed E-state index contributed by atoms with van der Waals surface area (Å²) in [7, 11) is 3.34. The highest BCUT2D eigenvalue weighted by molar-refractivity contribution is 5.82. The van der Waals surface area contributed by atoms with Crippen molar-refractivity contribution >= 4 is 5.97 Å². The molecule has 37 heavy (non-hydrogen) atoms. The smallest absolute Gasteiger partial charge is 0.303 e. The number of nitrogens with zero attached hydrogens (tertiary/aromatic N) is 2. The van der Waals surface area contributed by atoms with Crippen LogP contribution in [0.4, 0.5) is 0 Å². The van der Waals surface area contributed by atoms with E-state index < -0.39 is 5.97 Å². The highest BCUT2D eigenvalue weighted by Gasteiger charge is 2.21. The second-order valence-electron chi connectivity index (χ2n) is 9.02. The van der Waals surface area contributed by atoms with Crippen LogP contribution in [0.25, 0.3) is 33.9 Å². The molecule has 0 amide bonds. The lowest BCUT2D eigenvalue weighted by molar-refractivity contribution is -0.137. The second kappa shape index (κ2) is 12.8. The number of unbranched alkanes of at least 4 members (excludes halogenated alkanes) is 4. The van der Waals surface area contributed by atoms with Crippen molar-refractivity contribution in [2.45, 2.75) is 45.1 Å². The largest absolute Gasteiger partial charge is 0.497 e. The Morgan fingerprint density at radius 3 is 1.89 bits per heavy atom. The van der Waals surface area contributed by atoms with Crippen LogP contribution in [0.1, 0.15) is 38.5 Å². The summed E-state index contributed by atoms with van der Waals surface area (Å²) in [5.41, 5.74) is 5.16. The van der Waals surface area contributed by atoms with Crippen LogP contribution < -0.4 is 9.47 Å². The van der Waals surface area contributed by atoms with Gasteiger partial charge < -0.3 is 19.1 Å². The van der Waals surface area contributed by atoms with Gasteiger partial charge >= 0.3 is 5.97 Å². The Bertz CT molecular complexity index is 1280. The molecule has 6 heteroatoms. The van der Waals surface area contributed by atoms with Crippen LogP contribution in [0, 0.1) is 0 Å². The van der Waals surface area contributed by atoms with Gasteiger partial charge in [0.05, 0.1) is 25.6 Å². The Labute approximate surface area is 218 Å². The third-order valence-corrected chi connectivity index (χ3v) is 6.50. The highest BCUT2D eigenvalue weighted by Crippen LogP contribution is 2.37. The first kappa shape index (κ1) is 26.0. The van der Waals surface area contributed by atoms with Crippen molar-refractivity contribution in [2.24, 2.45) is 0 Å². The van der Waals surface area contributed by atoms with Crippen LogP contribution in [0.5, 0.6) is 11.5 Å². The molecule has 0 bridgehead atoms. The summed E-state index contributed by atoms with van der Waals surface area (Å²) in [5.74, 6) is 1.83. The minimum atomic E-state index is -0.721. The van der Waals surface area contributed by atoms with E-state index in [1.165, 1.54) is 0 Å². The fraction of sp³-hybridized carbons (Fsp3) is 0.290. The maximum absolute atomic E-state index is 10.8. The standard InChI is InChI=1S/C31H34N2O4/c1-36-26-18-14-23(15-19-26)29-30(24-16-20-27(37-2)21-17-24)33(22-10-5-3-4-9-13-28(34)35)31(32-29)25-11-7-6-8-12-25/h6-8,11-12,14-21H,3-5,9-10,13,22H2,1-2H3,(H,34,35). The number of hydrogen-bond donors (Lipinski definition) is 1. The van der Waals surface area contributed by atoms with Crippen LogP contribution in [0.3, 0.4) is 0 Å². The summed E-state index contributed by atoms with van der Waals surface area (Å²) in [5, 5.41) is 8.88. The number of ether oxygens (including phenoxy) is 2. The quantitative estimate of drug-likeness (QED) is 0.195. The fourth-order valence-corrected chi connectivity index (χ4v) is 4.55. The van der Waals surface area contributed by atoms with Crippen molar-refractivity contribution in [3.8, 4) is 45.4 Å². The molecule has 0 unspecified atom stereocenters. The van der Waals surface area contributed by atoms with Gasteiger partial charge in [-0.2, -0.15) is 0 Å². The van der Waals surface area contributed by atoms with E-state index in [4.69, 9.17) is 19.6 Å². The lowest BCUT2D eigenvalue weighted by Gasteiger charge is -2.14. The molecule has 4 aromatic rings.